The number of hydrogen-bond acceptors (Lipinski definition) is 1. The largest absolute Gasteiger partial charge is 0.357 e. The van der Waals surface area contributed by atoms with E-state index in [0.717, 1.165) is 18.5 Å². The number of nitrogens with one attached hydrogen (secondary N) is 1. The second-order valence-electron chi connectivity index (χ2n) is 9.75. The summed E-state index contributed by atoms with van der Waals surface area (Å²) in [5, 5.41) is 1.45. The first-order chi connectivity index (χ1) is 14.1. The molecule has 0 bridgehead atoms. The topological polar surface area (TPSA) is 24.0 Å². The fourth-order valence-electron chi connectivity index (χ4n) is 5.99. The Morgan fingerprint density at radius 3 is 2.76 bits per heavy atom. The maximum Gasteiger partial charge on any atom is 0.0533 e. The van der Waals surface area contributed by atoms with E-state index >= 15 is 0 Å². The van der Waals surface area contributed by atoms with Crippen molar-refractivity contribution in [3.05, 3.63) is 58.5 Å². The second-order valence-corrected chi connectivity index (χ2v) is 9.75. The first-order valence-electron chi connectivity index (χ1n) is 11.3. The molecule has 3 heteroatoms. The Hall–Kier alpha value is -2.26. The van der Waals surface area contributed by atoms with E-state index in [1.165, 1.54) is 71.0 Å². The van der Waals surface area contributed by atoms with Crippen molar-refractivity contribution >= 4 is 22.6 Å². The molecule has 2 unspecified atom stereocenters. The number of hydrogen-bond donors (Lipinski definition) is 1. The Morgan fingerprint density at radius 2 is 2.00 bits per heavy atom. The molecule has 6 rings (SSSR count). The molecule has 150 valence electrons. The van der Waals surface area contributed by atoms with Crippen LogP contribution < -0.4 is 0 Å². The van der Waals surface area contributed by atoms with Gasteiger partial charge < -0.3 is 9.55 Å². The van der Waals surface area contributed by atoms with Crippen molar-refractivity contribution in [3.8, 4) is 0 Å². The number of aromatic amines is 1. The van der Waals surface area contributed by atoms with E-state index in [9.17, 15) is 0 Å². The summed E-state index contributed by atoms with van der Waals surface area (Å²) in [7, 11) is 4.44. The van der Waals surface area contributed by atoms with Crippen LogP contribution in [0.1, 0.15) is 66.0 Å². The van der Waals surface area contributed by atoms with Gasteiger partial charge in [0.05, 0.1) is 5.52 Å². The van der Waals surface area contributed by atoms with Crippen molar-refractivity contribution in [2.45, 2.75) is 57.5 Å². The third-order valence-electron chi connectivity index (χ3n) is 7.54. The normalized spacial score (nSPS) is 24.9. The summed E-state index contributed by atoms with van der Waals surface area (Å²) in [5.41, 5.74) is 10.1. The molecule has 2 aromatic heterocycles. The quantitative estimate of drug-likeness (QED) is 0.601. The van der Waals surface area contributed by atoms with Gasteiger partial charge in [0.2, 0.25) is 0 Å². The van der Waals surface area contributed by atoms with Crippen LogP contribution in [-0.4, -0.2) is 27.5 Å². The number of nitrogens with zero attached hydrogens (tertiary/aromatic N) is 2. The number of aromatic nitrogens is 2. The lowest BCUT2D eigenvalue weighted by atomic mass is 9.89. The van der Waals surface area contributed by atoms with Crippen molar-refractivity contribution in [2.24, 2.45) is 13.0 Å². The molecule has 0 radical (unpaired) electrons. The SMILES string of the molecule is Cc1cc(C=C(c2ccn(C)c2)C2CC2)c2[nH]c3c(c2c1)CN(C)C1CCCC31. The fraction of sp³-hybridized carbons (Fsp3) is 0.462. The lowest BCUT2D eigenvalue weighted by molar-refractivity contribution is 0.201. The Balaban J connectivity index is 1.54. The summed E-state index contributed by atoms with van der Waals surface area (Å²) in [6.07, 6.45) is 13.6. The van der Waals surface area contributed by atoms with E-state index in [0.29, 0.717) is 5.92 Å². The summed E-state index contributed by atoms with van der Waals surface area (Å²) in [5.74, 6) is 1.41. The van der Waals surface area contributed by atoms with Crippen LogP contribution in [0.4, 0.5) is 0 Å². The molecule has 1 aliphatic heterocycles. The number of likely N-dealkylation sites (N-methyl/N-ethyl adjacent to an activating group) is 1. The zero-order valence-electron chi connectivity index (χ0n) is 17.8. The van der Waals surface area contributed by atoms with Crippen molar-refractivity contribution in [2.75, 3.05) is 7.05 Å². The van der Waals surface area contributed by atoms with Gasteiger partial charge in [-0.2, -0.15) is 0 Å². The summed E-state index contributed by atoms with van der Waals surface area (Å²) >= 11 is 0. The number of benzene rings is 1. The molecule has 2 saturated carbocycles. The first-order valence-corrected chi connectivity index (χ1v) is 11.3. The molecule has 0 amide bonds. The molecule has 29 heavy (non-hydrogen) atoms. The van der Waals surface area contributed by atoms with Gasteiger partial charge in [0, 0.05) is 49.0 Å². The van der Waals surface area contributed by atoms with Gasteiger partial charge in [-0.15, -0.1) is 0 Å². The van der Waals surface area contributed by atoms with Crippen LogP contribution >= 0.6 is 0 Å². The maximum atomic E-state index is 3.95. The number of aryl methyl sites for hydroxylation is 2. The molecule has 2 atom stereocenters. The van der Waals surface area contributed by atoms with Crippen molar-refractivity contribution < 1.29 is 0 Å². The summed E-state index contributed by atoms with van der Waals surface area (Å²) < 4.78 is 2.17. The van der Waals surface area contributed by atoms with Crippen molar-refractivity contribution in [1.82, 2.24) is 14.5 Å². The highest BCUT2D eigenvalue weighted by Gasteiger charge is 2.38. The van der Waals surface area contributed by atoms with Gasteiger partial charge >= 0.3 is 0 Å². The van der Waals surface area contributed by atoms with Gasteiger partial charge in [0.1, 0.15) is 0 Å². The van der Waals surface area contributed by atoms with Crippen LogP contribution in [0.25, 0.3) is 22.6 Å². The molecule has 3 aromatic rings. The van der Waals surface area contributed by atoms with E-state index in [4.69, 9.17) is 0 Å². The highest BCUT2D eigenvalue weighted by atomic mass is 15.2. The number of allylic oxidation sites excluding steroid dienone is 1. The van der Waals surface area contributed by atoms with Gasteiger partial charge in [-0.05, 0) is 97.7 Å². The van der Waals surface area contributed by atoms with Crippen LogP contribution in [0.2, 0.25) is 0 Å². The van der Waals surface area contributed by atoms with E-state index in [1.54, 1.807) is 5.56 Å². The standard InChI is InChI=1S/C26H31N3/c1-16-11-19(13-21(17-7-8-17)18-9-10-28(2)14-18)25-22(12-16)23-15-29(3)24-6-4-5-20(24)26(23)27-25/h9-14,17,20,24,27H,4-8,15H2,1-3H3. The molecular weight excluding hydrogens is 354 g/mol. The minimum absolute atomic E-state index is 0.685. The third kappa shape index (κ3) is 2.82. The number of fused-ring (bicyclic) bond motifs is 5. The summed E-state index contributed by atoms with van der Waals surface area (Å²) in [6, 6.07) is 7.78. The second kappa shape index (κ2) is 6.37. The van der Waals surface area contributed by atoms with Crippen LogP contribution in [0.3, 0.4) is 0 Å². The van der Waals surface area contributed by atoms with E-state index in [2.05, 4.69) is 72.1 Å². The van der Waals surface area contributed by atoms with E-state index in [-0.39, 0.29) is 0 Å². The molecular formula is C26H31N3. The average molecular weight is 386 g/mol. The molecule has 0 spiro atoms. The molecule has 0 saturated heterocycles. The molecule has 3 aliphatic rings. The molecule has 2 aliphatic carbocycles. The minimum atomic E-state index is 0.685. The Bertz CT molecular complexity index is 1120. The average Bonchev–Trinajstić information content (AvgIpc) is 3.08. The first kappa shape index (κ1) is 17.6. The van der Waals surface area contributed by atoms with Crippen molar-refractivity contribution in [1.29, 1.82) is 0 Å². The molecule has 1 aromatic carbocycles. The maximum absolute atomic E-state index is 3.95. The predicted molar refractivity (Wildman–Crippen MR) is 121 cm³/mol. The zero-order chi connectivity index (χ0) is 19.7. The van der Waals surface area contributed by atoms with Crippen LogP contribution in [0, 0.1) is 12.8 Å². The zero-order valence-corrected chi connectivity index (χ0v) is 17.8. The Kier molecular flexibility index (Phi) is 3.86. The molecule has 2 fully saturated rings. The van der Waals surface area contributed by atoms with Crippen LogP contribution in [0.15, 0.2) is 30.6 Å². The van der Waals surface area contributed by atoms with Gasteiger partial charge in [-0.3, -0.25) is 4.90 Å². The number of H-pyrrole nitrogens is 1. The Morgan fingerprint density at radius 1 is 1.14 bits per heavy atom. The summed E-state index contributed by atoms with van der Waals surface area (Å²) in [4.78, 5) is 6.55. The monoisotopic (exact) mass is 385 g/mol. The summed E-state index contributed by atoms with van der Waals surface area (Å²) in [6.45, 7) is 3.33. The van der Waals surface area contributed by atoms with Gasteiger partial charge in [0.25, 0.3) is 0 Å². The lowest BCUT2D eigenvalue weighted by Gasteiger charge is -2.35. The van der Waals surface area contributed by atoms with Crippen LogP contribution in [0.5, 0.6) is 0 Å². The van der Waals surface area contributed by atoms with Crippen LogP contribution in [-0.2, 0) is 13.6 Å². The molecule has 1 N–H and O–H groups in total. The lowest BCUT2D eigenvalue weighted by Crippen LogP contribution is -2.37. The van der Waals surface area contributed by atoms with Gasteiger partial charge in [0.15, 0.2) is 0 Å². The third-order valence-corrected chi connectivity index (χ3v) is 7.54. The highest BCUT2D eigenvalue weighted by Crippen LogP contribution is 2.47. The van der Waals surface area contributed by atoms with E-state index < -0.39 is 0 Å². The van der Waals surface area contributed by atoms with Gasteiger partial charge in [-0.1, -0.05) is 6.42 Å². The van der Waals surface area contributed by atoms with E-state index in [1.807, 2.05) is 0 Å². The predicted octanol–water partition coefficient (Wildman–Crippen LogP) is 5.85. The van der Waals surface area contributed by atoms with Gasteiger partial charge in [-0.25, -0.2) is 0 Å². The number of rotatable bonds is 3. The minimum Gasteiger partial charge on any atom is -0.357 e. The fourth-order valence-corrected chi connectivity index (χ4v) is 5.99. The molecule has 3 nitrogen and oxygen atoms in total. The Labute approximate surface area is 173 Å². The highest BCUT2D eigenvalue weighted by molar-refractivity contribution is 5.97. The smallest absolute Gasteiger partial charge is 0.0533 e. The van der Waals surface area contributed by atoms with Crippen molar-refractivity contribution in [3.63, 3.8) is 0 Å². The molecule has 3 heterocycles.